The number of hydrogen-bond donors (Lipinski definition) is 3. The average molecular weight is 340 g/mol. The van der Waals surface area contributed by atoms with E-state index >= 15 is 0 Å². The van der Waals surface area contributed by atoms with Gasteiger partial charge in [-0.15, -0.1) is 0 Å². The van der Waals surface area contributed by atoms with Crippen molar-refractivity contribution >= 4 is 29.1 Å². The third-order valence-corrected chi connectivity index (χ3v) is 2.80. The monoisotopic (exact) mass is 340 g/mol. The summed E-state index contributed by atoms with van der Waals surface area (Å²) in [7, 11) is 3.82. The molecule has 0 aliphatic carbocycles. The number of nitrogens with one attached hydrogen (secondary N) is 2. The molecule has 4 N–H and O–H groups in total. The van der Waals surface area contributed by atoms with Gasteiger partial charge in [0.15, 0.2) is 5.69 Å². The Morgan fingerprint density at radius 2 is 2.13 bits per heavy atom. The second-order valence-electron chi connectivity index (χ2n) is 3.05. The highest BCUT2D eigenvalue weighted by atomic mass is 127. The topological polar surface area (TPSA) is 70.1 Å². The van der Waals surface area contributed by atoms with Gasteiger partial charge in [-0.05, 0) is 6.26 Å². The lowest BCUT2D eigenvalue weighted by Crippen LogP contribution is -3.00. The molecule has 0 unspecified atom stereocenters. The minimum Gasteiger partial charge on any atom is -1.00 e. The number of rotatable bonds is 1. The SMILES string of the molecule is CSc1nc(N)c2c([n+]1C)NN(C)N2.[I-]. The summed E-state index contributed by atoms with van der Waals surface area (Å²) in [5, 5.41) is 2.62. The Morgan fingerprint density at radius 3 is 2.73 bits per heavy atom. The van der Waals surface area contributed by atoms with Gasteiger partial charge in [-0.1, -0.05) is 21.9 Å². The fourth-order valence-electron chi connectivity index (χ4n) is 1.40. The zero-order chi connectivity index (χ0) is 10.3. The van der Waals surface area contributed by atoms with Crippen molar-refractivity contribution in [2.24, 2.45) is 7.05 Å². The molecule has 1 aromatic heterocycles. The van der Waals surface area contributed by atoms with Crippen LogP contribution in [-0.4, -0.2) is 23.4 Å². The van der Waals surface area contributed by atoms with Crippen LogP contribution in [0.4, 0.5) is 17.3 Å². The Morgan fingerprint density at radius 1 is 1.47 bits per heavy atom. The summed E-state index contributed by atoms with van der Waals surface area (Å²) in [5.74, 6) is 1.45. The smallest absolute Gasteiger partial charge is 0.300 e. The minimum atomic E-state index is 0. The minimum absolute atomic E-state index is 0. The van der Waals surface area contributed by atoms with Gasteiger partial charge < -0.3 is 29.7 Å². The van der Waals surface area contributed by atoms with Gasteiger partial charge in [-0.3, -0.25) is 5.43 Å². The molecule has 1 aliphatic rings. The maximum atomic E-state index is 5.81. The first-order valence-corrected chi connectivity index (χ1v) is 5.36. The van der Waals surface area contributed by atoms with Crippen LogP contribution in [0.25, 0.3) is 0 Å². The largest absolute Gasteiger partial charge is 1.00 e. The molecule has 0 atom stereocenters. The fourth-order valence-corrected chi connectivity index (χ4v) is 1.95. The molecule has 0 saturated carbocycles. The summed E-state index contributed by atoms with van der Waals surface area (Å²) in [6.45, 7) is 0. The summed E-state index contributed by atoms with van der Waals surface area (Å²) < 4.78 is 1.97. The predicted molar refractivity (Wildman–Crippen MR) is 56.6 cm³/mol. The standard InChI is InChI=1S/C7H12N6S.HI/c1-12-6-4(10-13(2)11-6)5(8)9-7(12)14-3;/h10H,1-3H3,(H2,8,11);1H. The summed E-state index contributed by atoms with van der Waals surface area (Å²) in [4.78, 5) is 4.27. The number of nitrogen functional groups attached to an aromatic ring is 1. The number of fused-ring (bicyclic) bond motifs is 1. The number of aromatic nitrogens is 2. The van der Waals surface area contributed by atoms with Crippen LogP contribution in [-0.2, 0) is 7.05 Å². The van der Waals surface area contributed by atoms with Gasteiger partial charge >= 0.3 is 5.16 Å². The van der Waals surface area contributed by atoms with Crippen molar-refractivity contribution in [2.75, 3.05) is 29.9 Å². The molecule has 6 nitrogen and oxygen atoms in total. The number of hydrogen-bond acceptors (Lipinski definition) is 6. The summed E-state index contributed by atoms with van der Waals surface area (Å²) >= 11 is 1.56. The van der Waals surface area contributed by atoms with Gasteiger partial charge in [0.25, 0.3) is 5.82 Å². The van der Waals surface area contributed by atoms with E-state index in [9.17, 15) is 0 Å². The summed E-state index contributed by atoms with van der Waals surface area (Å²) in [5.41, 5.74) is 12.8. The Bertz CT molecular complexity index is 384. The molecule has 1 aromatic rings. The molecule has 15 heavy (non-hydrogen) atoms. The van der Waals surface area contributed by atoms with Gasteiger partial charge in [-0.25, -0.2) is 9.99 Å². The third kappa shape index (κ3) is 2.06. The molecule has 0 amide bonds. The Kier molecular flexibility index (Phi) is 3.84. The maximum absolute atomic E-state index is 5.81. The van der Waals surface area contributed by atoms with Crippen LogP contribution in [0, 0.1) is 0 Å². The molecule has 0 aromatic carbocycles. The second kappa shape index (κ2) is 4.58. The molecule has 0 spiro atoms. The van der Waals surface area contributed by atoms with Crippen molar-refractivity contribution in [3.05, 3.63) is 0 Å². The number of nitrogens with zero attached hydrogens (tertiary/aromatic N) is 3. The first-order chi connectivity index (χ1) is 6.63. The Balaban J connectivity index is 0.00000112. The van der Waals surface area contributed by atoms with Crippen LogP contribution in [0.2, 0.25) is 0 Å². The highest BCUT2D eigenvalue weighted by Crippen LogP contribution is 2.29. The molecule has 0 radical (unpaired) electrons. The summed E-state index contributed by atoms with van der Waals surface area (Å²) in [6, 6.07) is 0. The number of nitrogens with two attached hydrogens (primary N) is 1. The van der Waals surface area contributed by atoms with E-state index in [1.807, 2.05) is 24.9 Å². The van der Waals surface area contributed by atoms with Crippen LogP contribution in [0.1, 0.15) is 0 Å². The average Bonchev–Trinajstić information content (AvgIpc) is 2.54. The fraction of sp³-hybridized carbons (Fsp3) is 0.429. The third-order valence-electron chi connectivity index (χ3n) is 2.07. The van der Waals surface area contributed by atoms with Crippen molar-refractivity contribution in [3.63, 3.8) is 0 Å². The van der Waals surface area contributed by atoms with E-state index in [1.54, 1.807) is 16.9 Å². The van der Waals surface area contributed by atoms with E-state index in [-0.39, 0.29) is 24.0 Å². The number of halogens is 1. The van der Waals surface area contributed by atoms with Crippen molar-refractivity contribution < 1.29 is 28.5 Å². The van der Waals surface area contributed by atoms with Gasteiger partial charge in [0.2, 0.25) is 5.82 Å². The van der Waals surface area contributed by atoms with E-state index in [0.717, 1.165) is 16.7 Å². The normalized spacial score (nSPS) is 13.8. The predicted octanol–water partition coefficient (Wildman–Crippen LogP) is -3.19. The lowest BCUT2D eigenvalue weighted by Gasteiger charge is -2.03. The van der Waals surface area contributed by atoms with Crippen LogP contribution < -0.4 is 45.1 Å². The van der Waals surface area contributed by atoms with Crippen molar-refractivity contribution in [1.29, 1.82) is 0 Å². The first kappa shape index (κ1) is 12.6. The zero-order valence-corrected chi connectivity index (χ0v) is 11.7. The van der Waals surface area contributed by atoms with Crippen molar-refractivity contribution in [3.8, 4) is 0 Å². The molecule has 0 bridgehead atoms. The molecule has 2 rings (SSSR count). The van der Waals surface area contributed by atoms with Crippen LogP contribution in [0.5, 0.6) is 0 Å². The number of anilines is 3. The molecule has 1 aliphatic heterocycles. The molecule has 2 heterocycles. The number of hydrazine groups is 2. The Hall–Kier alpha value is -0.480. The van der Waals surface area contributed by atoms with Gasteiger partial charge in [0.05, 0.1) is 7.05 Å². The highest BCUT2D eigenvalue weighted by molar-refractivity contribution is 7.98. The van der Waals surface area contributed by atoms with E-state index in [0.29, 0.717) is 5.82 Å². The van der Waals surface area contributed by atoms with E-state index in [4.69, 9.17) is 5.73 Å². The maximum Gasteiger partial charge on any atom is 0.300 e. The highest BCUT2D eigenvalue weighted by Gasteiger charge is 2.29. The Labute approximate surface area is 110 Å². The quantitative estimate of drug-likeness (QED) is 0.217. The second-order valence-corrected chi connectivity index (χ2v) is 3.82. The van der Waals surface area contributed by atoms with Crippen molar-refractivity contribution in [1.82, 2.24) is 10.1 Å². The van der Waals surface area contributed by atoms with E-state index in [1.165, 1.54) is 0 Å². The lowest BCUT2D eigenvalue weighted by atomic mass is 10.4. The molecule has 8 heteroatoms. The van der Waals surface area contributed by atoms with Gasteiger partial charge in [0, 0.05) is 7.05 Å². The van der Waals surface area contributed by atoms with Gasteiger partial charge in [0.1, 0.15) is 0 Å². The molecule has 0 fully saturated rings. The first-order valence-electron chi connectivity index (χ1n) is 4.14. The zero-order valence-electron chi connectivity index (χ0n) is 8.71. The molecular formula is C7H13IN6S. The van der Waals surface area contributed by atoms with E-state index < -0.39 is 0 Å². The van der Waals surface area contributed by atoms with Gasteiger partial charge in [-0.2, -0.15) is 0 Å². The molecule has 84 valence electrons. The van der Waals surface area contributed by atoms with Crippen LogP contribution in [0.15, 0.2) is 5.16 Å². The molecular weight excluding hydrogens is 327 g/mol. The van der Waals surface area contributed by atoms with E-state index in [2.05, 4.69) is 15.8 Å². The van der Waals surface area contributed by atoms with Crippen LogP contribution in [0.3, 0.4) is 0 Å². The van der Waals surface area contributed by atoms with Crippen molar-refractivity contribution in [2.45, 2.75) is 5.16 Å². The lowest BCUT2D eigenvalue weighted by molar-refractivity contribution is -0.698. The summed E-state index contributed by atoms with van der Waals surface area (Å²) in [6.07, 6.45) is 1.97. The molecule has 0 saturated heterocycles. The number of thioether (sulfide) groups is 1. The van der Waals surface area contributed by atoms with Crippen LogP contribution >= 0.6 is 11.8 Å².